The van der Waals surface area contributed by atoms with Gasteiger partial charge in [-0.15, -0.1) is 0 Å². The van der Waals surface area contributed by atoms with Crippen LogP contribution in [0.5, 0.6) is 0 Å². The molecule has 53 heavy (non-hydrogen) atoms. The molecule has 0 aromatic rings. The Bertz CT molecular complexity index is 703. The molecule has 0 bridgehead atoms. The van der Waals surface area contributed by atoms with Crippen molar-refractivity contribution in [2.24, 2.45) is 0 Å². The summed E-state index contributed by atoms with van der Waals surface area (Å²) in [6.45, 7) is 7.97. The molecule has 0 rings (SSSR count). The first-order chi connectivity index (χ1) is 26.0. The summed E-state index contributed by atoms with van der Waals surface area (Å²) in [6.07, 6.45) is 43.5. The van der Waals surface area contributed by atoms with Crippen LogP contribution in [0.3, 0.4) is 0 Å². The molecular formula is C46H90O7. The van der Waals surface area contributed by atoms with Crippen molar-refractivity contribution >= 4 is 17.9 Å². The normalized spacial score (nSPS) is 10.9. The molecule has 7 heteroatoms. The monoisotopic (exact) mass is 755 g/mol. The molecule has 0 aliphatic carbocycles. The van der Waals surface area contributed by atoms with Crippen molar-refractivity contribution in [1.29, 1.82) is 0 Å². The van der Waals surface area contributed by atoms with Gasteiger partial charge in [0.15, 0.2) is 0 Å². The average molecular weight is 755 g/mol. The molecule has 0 amide bonds. The zero-order chi connectivity index (χ0) is 39.1. The van der Waals surface area contributed by atoms with E-state index < -0.39 is 5.97 Å². The van der Waals surface area contributed by atoms with Gasteiger partial charge in [-0.3, -0.25) is 14.4 Å². The first-order valence-corrected chi connectivity index (χ1v) is 23.1. The molecule has 0 radical (unpaired) electrons. The number of hydrogen-bond donors (Lipinski definition) is 1. The number of carboxylic acid groups (broad SMARTS) is 1. The quantitative estimate of drug-likeness (QED) is 0.0489. The Morgan fingerprint density at radius 2 is 0.547 bits per heavy atom. The number of unbranched alkanes of at least 4 members (excludes halogenated alkanes) is 30. The highest BCUT2D eigenvalue weighted by molar-refractivity contribution is 5.69. The van der Waals surface area contributed by atoms with E-state index in [4.69, 9.17) is 19.3 Å². The Morgan fingerprint density at radius 1 is 0.321 bits per heavy atom. The predicted octanol–water partition coefficient (Wildman–Crippen LogP) is 14.3. The van der Waals surface area contributed by atoms with Crippen molar-refractivity contribution in [3.63, 3.8) is 0 Å². The van der Waals surface area contributed by atoms with E-state index in [1.807, 2.05) is 0 Å². The standard InChI is InChI=1S/C28H54O5.C18H36O2/c1-3-5-7-9-11-13-15-17-19-21-27(29)32-25-23-31-24-26-33-28(30)22-20-18-16-14-12-10-8-6-4-2;1-2-3-4-5-6-7-8-9-10-11-12-13-14-15-16-17-18(19)20/h3-26H2,1-2H3;2-17H2,1H3,(H,19,20). The summed E-state index contributed by atoms with van der Waals surface area (Å²) in [4.78, 5) is 33.7. The van der Waals surface area contributed by atoms with Crippen LogP contribution in [0.1, 0.15) is 252 Å². The van der Waals surface area contributed by atoms with Gasteiger partial charge in [0.05, 0.1) is 13.2 Å². The summed E-state index contributed by atoms with van der Waals surface area (Å²) in [5, 5.41) is 8.52. The van der Waals surface area contributed by atoms with E-state index in [0.29, 0.717) is 32.5 Å². The predicted molar refractivity (Wildman–Crippen MR) is 224 cm³/mol. The fraction of sp³-hybridized carbons (Fsp3) is 0.935. The summed E-state index contributed by atoms with van der Waals surface area (Å²) < 4.78 is 15.7. The third-order valence-electron chi connectivity index (χ3n) is 9.94. The molecule has 0 aromatic carbocycles. The van der Waals surface area contributed by atoms with Gasteiger partial charge in [-0.25, -0.2) is 0 Å². The summed E-state index contributed by atoms with van der Waals surface area (Å²) in [7, 11) is 0. The third kappa shape index (κ3) is 52.5. The zero-order valence-corrected chi connectivity index (χ0v) is 35.7. The Kier molecular flexibility index (Phi) is 48.8. The van der Waals surface area contributed by atoms with E-state index >= 15 is 0 Å². The number of rotatable bonds is 42. The van der Waals surface area contributed by atoms with E-state index in [1.54, 1.807) is 0 Å². The summed E-state index contributed by atoms with van der Waals surface area (Å²) >= 11 is 0. The number of aliphatic carboxylic acids is 1. The first-order valence-electron chi connectivity index (χ1n) is 23.1. The number of ether oxygens (including phenoxy) is 3. The average Bonchev–Trinajstić information content (AvgIpc) is 3.14. The van der Waals surface area contributed by atoms with Crippen LogP contribution in [-0.2, 0) is 28.6 Å². The second-order valence-corrected chi connectivity index (χ2v) is 15.3. The Hall–Kier alpha value is -1.63. The highest BCUT2D eigenvalue weighted by atomic mass is 16.6. The summed E-state index contributed by atoms with van der Waals surface area (Å²) in [6, 6.07) is 0. The second kappa shape index (κ2) is 48.4. The minimum absolute atomic E-state index is 0.145. The highest BCUT2D eigenvalue weighted by Gasteiger charge is 2.05. The lowest BCUT2D eigenvalue weighted by atomic mass is 10.0. The lowest BCUT2D eigenvalue weighted by molar-refractivity contribution is -0.147. The maximum absolute atomic E-state index is 11.7. The minimum Gasteiger partial charge on any atom is -0.481 e. The number of carboxylic acids is 1. The van der Waals surface area contributed by atoms with E-state index in [1.165, 1.54) is 173 Å². The van der Waals surface area contributed by atoms with E-state index in [-0.39, 0.29) is 25.2 Å². The molecule has 0 heterocycles. The minimum atomic E-state index is -0.653. The van der Waals surface area contributed by atoms with Crippen molar-refractivity contribution in [1.82, 2.24) is 0 Å². The number of carbonyl (C=O) groups excluding carboxylic acids is 2. The van der Waals surface area contributed by atoms with Crippen molar-refractivity contribution in [2.75, 3.05) is 26.4 Å². The van der Waals surface area contributed by atoms with E-state index in [2.05, 4.69) is 20.8 Å². The molecule has 1 N–H and O–H groups in total. The fourth-order valence-electron chi connectivity index (χ4n) is 6.48. The van der Waals surface area contributed by atoms with Crippen LogP contribution in [0, 0.1) is 0 Å². The zero-order valence-electron chi connectivity index (χ0n) is 35.7. The molecule has 0 aliphatic heterocycles. The second-order valence-electron chi connectivity index (χ2n) is 15.3. The number of hydrogen-bond acceptors (Lipinski definition) is 6. The lowest BCUT2D eigenvalue weighted by Crippen LogP contribution is -2.14. The van der Waals surface area contributed by atoms with Gasteiger partial charge in [0.2, 0.25) is 0 Å². The van der Waals surface area contributed by atoms with Crippen molar-refractivity contribution in [2.45, 2.75) is 252 Å². The fourth-order valence-corrected chi connectivity index (χ4v) is 6.48. The third-order valence-corrected chi connectivity index (χ3v) is 9.94. The van der Waals surface area contributed by atoms with Crippen LogP contribution >= 0.6 is 0 Å². The van der Waals surface area contributed by atoms with Gasteiger partial charge in [-0.05, 0) is 19.3 Å². The van der Waals surface area contributed by atoms with Crippen molar-refractivity contribution in [3.05, 3.63) is 0 Å². The van der Waals surface area contributed by atoms with Gasteiger partial charge in [0.25, 0.3) is 0 Å². The van der Waals surface area contributed by atoms with Crippen LogP contribution < -0.4 is 0 Å². The van der Waals surface area contributed by atoms with Gasteiger partial charge in [0, 0.05) is 19.3 Å². The number of esters is 2. The molecule has 0 atom stereocenters. The maximum atomic E-state index is 11.7. The van der Waals surface area contributed by atoms with Gasteiger partial charge in [-0.2, -0.15) is 0 Å². The molecular weight excluding hydrogens is 664 g/mol. The molecule has 0 unspecified atom stereocenters. The topological polar surface area (TPSA) is 99.1 Å². The van der Waals surface area contributed by atoms with Gasteiger partial charge in [-0.1, -0.05) is 213 Å². The Labute approximate surface area is 329 Å². The molecule has 7 nitrogen and oxygen atoms in total. The molecule has 0 aromatic heterocycles. The Morgan fingerprint density at radius 3 is 0.792 bits per heavy atom. The van der Waals surface area contributed by atoms with Crippen molar-refractivity contribution < 1.29 is 33.7 Å². The van der Waals surface area contributed by atoms with Gasteiger partial charge < -0.3 is 19.3 Å². The van der Waals surface area contributed by atoms with E-state index in [9.17, 15) is 14.4 Å². The maximum Gasteiger partial charge on any atom is 0.305 e. The highest BCUT2D eigenvalue weighted by Crippen LogP contribution is 2.15. The largest absolute Gasteiger partial charge is 0.481 e. The van der Waals surface area contributed by atoms with Crippen LogP contribution in [0.4, 0.5) is 0 Å². The van der Waals surface area contributed by atoms with Gasteiger partial charge >= 0.3 is 17.9 Å². The van der Waals surface area contributed by atoms with Crippen LogP contribution in [0.2, 0.25) is 0 Å². The molecule has 0 fully saturated rings. The molecule has 316 valence electrons. The summed E-state index contributed by atoms with van der Waals surface area (Å²) in [5.41, 5.74) is 0. The van der Waals surface area contributed by atoms with Gasteiger partial charge in [0.1, 0.15) is 13.2 Å². The molecule has 0 spiro atoms. The van der Waals surface area contributed by atoms with Crippen LogP contribution in [0.15, 0.2) is 0 Å². The van der Waals surface area contributed by atoms with Crippen LogP contribution in [0.25, 0.3) is 0 Å². The van der Waals surface area contributed by atoms with E-state index in [0.717, 1.165) is 38.5 Å². The Balaban J connectivity index is 0. The lowest BCUT2D eigenvalue weighted by Gasteiger charge is -2.07. The molecule has 0 aliphatic rings. The van der Waals surface area contributed by atoms with Crippen molar-refractivity contribution in [3.8, 4) is 0 Å². The first kappa shape index (κ1) is 53.5. The number of carbonyl (C=O) groups is 3. The summed E-state index contributed by atoms with van der Waals surface area (Å²) in [5.74, 6) is -0.942. The molecule has 0 saturated heterocycles. The van der Waals surface area contributed by atoms with Crippen LogP contribution in [-0.4, -0.2) is 49.4 Å². The SMILES string of the molecule is CCCCCCCCCCCC(=O)OCCOCCOC(=O)CCCCCCCCCCC.CCCCCCCCCCCCCCCCCC(=O)O. The smallest absolute Gasteiger partial charge is 0.305 e. The molecule has 0 saturated carbocycles.